The van der Waals surface area contributed by atoms with Gasteiger partial charge in [-0.3, -0.25) is 4.79 Å². The van der Waals surface area contributed by atoms with E-state index in [1.807, 2.05) is 6.92 Å². The Bertz CT molecular complexity index is 1100. The van der Waals surface area contributed by atoms with Crippen molar-refractivity contribution in [3.63, 3.8) is 0 Å². The molecule has 0 fully saturated rings. The average molecular weight is 503 g/mol. The lowest BCUT2D eigenvalue weighted by molar-refractivity contribution is -0.120. The predicted molar refractivity (Wildman–Crippen MR) is 122 cm³/mol. The van der Waals surface area contributed by atoms with Crippen molar-refractivity contribution >= 4 is 28.1 Å². The quantitative estimate of drug-likeness (QED) is 0.315. The molecule has 0 saturated carbocycles. The number of nitrogens with zero attached hydrogens (tertiary/aromatic N) is 1. The van der Waals surface area contributed by atoms with E-state index in [4.69, 9.17) is 9.47 Å². The summed E-state index contributed by atoms with van der Waals surface area (Å²) < 4.78 is 38.5. The number of amides is 1. The van der Waals surface area contributed by atoms with Gasteiger partial charge in [-0.15, -0.1) is 0 Å². The fourth-order valence-electron chi connectivity index (χ4n) is 2.82. The number of ether oxygens (including phenoxy) is 2. The highest BCUT2D eigenvalue weighted by Gasteiger charge is 2.11. The lowest BCUT2D eigenvalue weighted by Crippen LogP contribution is -2.19. The van der Waals surface area contributed by atoms with Crippen molar-refractivity contribution < 1.29 is 23.0 Å². The van der Waals surface area contributed by atoms with Crippen LogP contribution in [0.3, 0.4) is 0 Å². The lowest BCUT2D eigenvalue weighted by Gasteiger charge is -2.14. The van der Waals surface area contributed by atoms with E-state index in [1.165, 1.54) is 30.5 Å². The molecule has 0 saturated heterocycles. The highest BCUT2D eigenvalue weighted by molar-refractivity contribution is 9.10. The number of hydrogen-bond donors (Lipinski definition) is 1. The van der Waals surface area contributed by atoms with Gasteiger partial charge in [0.2, 0.25) is 5.91 Å². The van der Waals surface area contributed by atoms with Crippen LogP contribution in [0.2, 0.25) is 0 Å². The maximum absolute atomic E-state index is 13.4. The summed E-state index contributed by atoms with van der Waals surface area (Å²) in [6, 6.07) is 15.3. The van der Waals surface area contributed by atoms with Crippen LogP contribution in [-0.4, -0.2) is 18.7 Å². The smallest absolute Gasteiger partial charge is 0.244 e. The normalized spacial score (nSPS) is 10.9. The molecule has 5 nitrogen and oxygen atoms in total. The molecule has 3 aromatic carbocycles. The maximum Gasteiger partial charge on any atom is 0.244 e. The van der Waals surface area contributed by atoms with E-state index in [0.717, 1.165) is 0 Å². The van der Waals surface area contributed by atoms with Gasteiger partial charge >= 0.3 is 0 Å². The summed E-state index contributed by atoms with van der Waals surface area (Å²) in [6.07, 6.45) is 1.56. The molecular formula is C24H21BrF2N2O3. The minimum atomic E-state index is -0.356. The second-order valence-electron chi connectivity index (χ2n) is 6.77. The van der Waals surface area contributed by atoms with Crippen molar-refractivity contribution in [2.75, 3.05) is 6.61 Å². The van der Waals surface area contributed by atoms with Crippen molar-refractivity contribution in [1.29, 1.82) is 0 Å². The van der Waals surface area contributed by atoms with Crippen LogP contribution in [0.1, 0.15) is 23.6 Å². The molecule has 0 aromatic heterocycles. The van der Waals surface area contributed by atoms with Gasteiger partial charge < -0.3 is 9.47 Å². The second kappa shape index (κ2) is 11.4. The first-order chi connectivity index (χ1) is 15.4. The maximum atomic E-state index is 13.4. The molecular weight excluding hydrogens is 482 g/mol. The number of nitrogens with one attached hydrogen (secondary N) is 1. The van der Waals surface area contributed by atoms with Gasteiger partial charge in [-0.1, -0.05) is 24.3 Å². The van der Waals surface area contributed by atoms with Crippen molar-refractivity contribution in [3.8, 4) is 11.5 Å². The molecule has 1 amide bonds. The molecule has 0 radical (unpaired) electrons. The molecule has 0 unspecified atom stereocenters. The summed E-state index contributed by atoms with van der Waals surface area (Å²) in [5, 5.41) is 3.98. The summed E-state index contributed by atoms with van der Waals surface area (Å²) in [5.41, 5.74) is 4.48. The van der Waals surface area contributed by atoms with Crippen LogP contribution < -0.4 is 14.9 Å². The fourth-order valence-corrected chi connectivity index (χ4v) is 3.24. The van der Waals surface area contributed by atoms with Gasteiger partial charge in [-0.2, -0.15) is 5.10 Å². The van der Waals surface area contributed by atoms with Gasteiger partial charge in [-0.25, -0.2) is 14.2 Å². The molecule has 8 heteroatoms. The largest absolute Gasteiger partial charge is 0.490 e. The Morgan fingerprint density at radius 1 is 1.00 bits per heavy atom. The van der Waals surface area contributed by atoms with E-state index >= 15 is 0 Å². The lowest BCUT2D eigenvalue weighted by atomic mass is 10.1. The first-order valence-electron chi connectivity index (χ1n) is 9.84. The topological polar surface area (TPSA) is 59.9 Å². The van der Waals surface area contributed by atoms with E-state index in [0.29, 0.717) is 39.3 Å². The average Bonchev–Trinajstić information content (AvgIpc) is 2.76. The number of carbonyl (C=O) groups excluding carboxylic acids is 1. The number of benzene rings is 3. The number of rotatable bonds is 9. The van der Waals surface area contributed by atoms with E-state index in [2.05, 4.69) is 26.5 Å². The number of hydrogen-bond acceptors (Lipinski definition) is 4. The van der Waals surface area contributed by atoms with Crippen molar-refractivity contribution in [2.45, 2.75) is 20.0 Å². The Morgan fingerprint density at radius 3 is 2.47 bits per heavy atom. The number of carbonyl (C=O) groups is 1. The molecule has 0 aliphatic heterocycles. The van der Waals surface area contributed by atoms with Crippen molar-refractivity contribution in [1.82, 2.24) is 5.43 Å². The van der Waals surface area contributed by atoms with Crippen LogP contribution in [-0.2, 0) is 17.8 Å². The van der Waals surface area contributed by atoms with E-state index in [9.17, 15) is 13.6 Å². The molecule has 3 rings (SSSR count). The van der Waals surface area contributed by atoms with Gasteiger partial charge in [0, 0.05) is 10.0 Å². The Morgan fingerprint density at radius 2 is 1.75 bits per heavy atom. The van der Waals surface area contributed by atoms with Crippen molar-refractivity contribution in [3.05, 3.63) is 93.5 Å². The summed E-state index contributed by atoms with van der Waals surface area (Å²) in [6.45, 7) is 2.45. The zero-order valence-corrected chi connectivity index (χ0v) is 18.9. The molecule has 1 N–H and O–H groups in total. The zero-order chi connectivity index (χ0) is 22.9. The van der Waals surface area contributed by atoms with E-state index in [1.54, 1.807) is 36.4 Å². The third-order valence-electron chi connectivity index (χ3n) is 4.32. The Hall–Kier alpha value is -3.26. The third kappa shape index (κ3) is 6.88. The van der Waals surface area contributed by atoms with Gasteiger partial charge in [0.15, 0.2) is 11.5 Å². The standard InChI is InChI=1S/C24H21BrF2N2O3/c1-2-31-22-12-18(14-28-29-24(30)11-16-6-8-19(26)9-7-16)21(25)13-23(22)32-15-17-4-3-5-20(27)10-17/h3-10,12-14H,2,11,15H2,1H3,(H,29,30)/b28-14+. The highest BCUT2D eigenvalue weighted by Crippen LogP contribution is 2.33. The zero-order valence-electron chi connectivity index (χ0n) is 17.3. The molecule has 0 aliphatic carbocycles. The highest BCUT2D eigenvalue weighted by atomic mass is 79.9. The SMILES string of the molecule is CCOc1cc(/C=N/NC(=O)Cc2ccc(F)cc2)c(Br)cc1OCc1cccc(F)c1. The van der Waals surface area contributed by atoms with Gasteiger partial charge in [-0.05, 0) is 70.4 Å². The fraction of sp³-hybridized carbons (Fsp3) is 0.167. The van der Waals surface area contributed by atoms with Gasteiger partial charge in [0.25, 0.3) is 0 Å². The Labute approximate surface area is 193 Å². The summed E-state index contributed by atoms with van der Waals surface area (Å²) in [7, 11) is 0. The predicted octanol–water partition coefficient (Wildman–Crippen LogP) is 5.40. The Kier molecular flexibility index (Phi) is 8.33. The van der Waals surface area contributed by atoms with Crippen LogP contribution in [0.4, 0.5) is 8.78 Å². The summed E-state index contributed by atoms with van der Waals surface area (Å²) in [4.78, 5) is 12.0. The summed E-state index contributed by atoms with van der Waals surface area (Å²) in [5.74, 6) is -0.0356. The summed E-state index contributed by atoms with van der Waals surface area (Å²) >= 11 is 3.46. The number of hydrazone groups is 1. The van der Waals surface area contributed by atoms with Crippen LogP contribution in [0, 0.1) is 11.6 Å². The minimum Gasteiger partial charge on any atom is -0.490 e. The molecule has 0 atom stereocenters. The molecule has 0 aliphatic rings. The minimum absolute atomic E-state index is 0.0792. The Balaban J connectivity index is 1.66. The molecule has 166 valence electrons. The molecule has 0 heterocycles. The molecule has 0 spiro atoms. The van der Waals surface area contributed by atoms with Crippen LogP contribution >= 0.6 is 15.9 Å². The number of halogens is 3. The van der Waals surface area contributed by atoms with Crippen molar-refractivity contribution in [2.24, 2.45) is 5.10 Å². The second-order valence-corrected chi connectivity index (χ2v) is 7.62. The first-order valence-corrected chi connectivity index (χ1v) is 10.6. The van der Waals surface area contributed by atoms with Gasteiger partial charge in [0.1, 0.15) is 18.2 Å². The van der Waals surface area contributed by atoms with Gasteiger partial charge in [0.05, 0.1) is 19.2 Å². The van der Waals surface area contributed by atoms with E-state index in [-0.39, 0.29) is 30.6 Å². The molecule has 0 bridgehead atoms. The van der Waals surface area contributed by atoms with Crippen LogP contribution in [0.15, 0.2) is 70.2 Å². The monoisotopic (exact) mass is 502 g/mol. The van der Waals surface area contributed by atoms with Crippen LogP contribution in [0.25, 0.3) is 0 Å². The third-order valence-corrected chi connectivity index (χ3v) is 5.00. The van der Waals surface area contributed by atoms with Crippen LogP contribution in [0.5, 0.6) is 11.5 Å². The first kappa shape index (κ1) is 23.4. The molecule has 3 aromatic rings. The van der Waals surface area contributed by atoms with E-state index < -0.39 is 0 Å². The molecule has 32 heavy (non-hydrogen) atoms.